The van der Waals surface area contributed by atoms with Gasteiger partial charge in [-0.2, -0.15) is 0 Å². The van der Waals surface area contributed by atoms with Crippen LogP contribution in [0.3, 0.4) is 0 Å². The fraction of sp³-hybridized carbons (Fsp3) is 0.0556. The van der Waals surface area contributed by atoms with E-state index in [1.807, 2.05) is 42.5 Å². The van der Waals surface area contributed by atoms with E-state index in [1.165, 1.54) is 0 Å². The summed E-state index contributed by atoms with van der Waals surface area (Å²) < 4.78 is 0. The second-order valence-corrected chi connectivity index (χ2v) is 5.78. The molecule has 1 unspecified atom stereocenters. The van der Waals surface area contributed by atoms with Crippen LogP contribution in [0.5, 0.6) is 5.75 Å². The molecular formula is C18H14Cl2N2O. The second-order valence-electron chi connectivity index (χ2n) is 4.99. The van der Waals surface area contributed by atoms with Crippen molar-refractivity contribution in [2.75, 3.05) is 5.32 Å². The first-order chi connectivity index (χ1) is 11.2. The number of nitrogens with zero attached hydrogens (tertiary/aromatic N) is 1. The third-order valence-corrected chi connectivity index (χ3v) is 4.33. The van der Waals surface area contributed by atoms with Crippen molar-refractivity contribution < 1.29 is 5.11 Å². The van der Waals surface area contributed by atoms with Crippen LogP contribution < -0.4 is 5.32 Å². The average Bonchev–Trinajstić information content (AvgIpc) is 2.57. The summed E-state index contributed by atoms with van der Waals surface area (Å²) in [5.41, 5.74) is 1.47. The highest BCUT2D eigenvalue weighted by Gasteiger charge is 2.21. The van der Waals surface area contributed by atoms with E-state index in [4.69, 9.17) is 23.2 Å². The van der Waals surface area contributed by atoms with Crippen LogP contribution in [-0.4, -0.2) is 10.1 Å². The van der Waals surface area contributed by atoms with Crippen LogP contribution in [0.1, 0.15) is 17.2 Å². The van der Waals surface area contributed by atoms with Crippen molar-refractivity contribution in [2.45, 2.75) is 6.04 Å². The topological polar surface area (TPSA) is 45.1 Å². The molecular weight excluding hydrogens is 331 g/mol. The fourth-order valence-corrected chi connectivity index (χ4v) is 2.81. The molecule has 0 saturated heterocycles. The Bertz CT molecular complexity index is 809. The van der Waals surface area contributed by atoms with Crippen molar-refractivity contribution in [1.82, 2.24) is 4.98 Å². The normalized spacial score (nSPS) is 11.9. The molecule has 0 fully saturated rings. The van der Waals surface area contributed by atoms with E-state index in [-0.39, 0.29) is 11.8 Å². The van der Waals surface area contributed by atoms with Gasteiger partial charge >= 0.3 is 0 Å². The lowest BCUT2D eigenvalue weighted by Gasteiger charge is -2.22. The van der Waals surface area contributed by atoms with Gasteiger partial charge in [0.1, 0.15) is 11.6 Å². The van der Waals surface area contributed by atoms with Gasteiger partial charge in [0.2, 0.25) is 0 Å². The first kappa shape index (κ1) is 15.7. The molecule has 5 heteroatoms. The van der Waals surface area contributed by atoms with Crippen LogP contribution in [0.15, 0.2) is 66.9 Å². The number of rotatable bonds is 4. The monoisotopic (exact) mass is 344 g/mol. The molecule has 1 atom stereocenters. The number of para-hydroxylation sites is 1. The largest absolute Gasteiger partial charge is 0.508 e. The summed E-state index contributed by atoms with van der Waals surface area (Å²) in [5, 5.41) is 14.5. The Morgan fingerprint density at radius 2 is 1.61 bits per heavy atom. The first-order valence-electron chi connectivity index (χ1n) is 7.06. The highest BCUT2D eigenvalue weighted by molar-refractivity contribution is 6.42. The summed E-state index contributed by atoms with van der Waals surface area (Å²) in [4.78, 5) is 4.28. The van der Waals surface area contributed by atoms with Gasteiger partial charge in [0.05, 0.1) is 16.1 Å². The van der Waals surface area contributed by atoms with E-state index >= 15 is 0 Å². The van der Waals surface area contributed by atoms with Crippen LogP contribution in [0.2, 0.25) is 10.0 Å². The molecule has 0 aliphatic carbocycles. The predicted molar refractivity (Wildman–Crippen MR) is 94.3 cm³/mol. The van der Waals surface area contributed by atoms with Gasteiger partial charge in [-0.1, -0.05) is 59.6 Å². The summed E-state index contributed by atoms with van der Waals surface area (Å²) in [6.45, 7) is 0. The lowest BCUT2D eigenvalue weighted by Crippen LogP contribution is -2.14. The molecule has 0 spiro atoms. The van der Waals surface area contributed by atoms with Gasteiger partial charge in [-0.3, -0.25) is 0 Å². The first-order valence-corrected chi connectivity index (χ1v) is 7.82. The number of hydrogen-bond donors (Lipinski definition) is 2. The minimum absolute atomic E-state index is 0.178. The summed E-state index contributed by atoms with van der Waals surface area (Å²) in [7, 11) is 0. The van der Waals surface area contributed by atoms with Crippen LogP contribution in [0.4, 0.5) is 5.82 Å². The molecule has 0 aliphatic heterocycles. The summed E-state index contributed by atoms with van der Waals surface area (Å²) in [6, 6.07) is 17.8. The Morgan fingerprint density at radius 3 is 2.35 bits per heavy atom. The van der Waals surface area contributed by atoms with Crippen molar-refractivity contribution in [3.05, 3.63) is 88.0 Å². The van der Waals surface area contributed by atoms with Crippen molar-refractivity contribution in [3.63, 3.8) is 0 Å². The molecule has 23 heavy (non-hydrogen) atoms. The highest BCUT2D eigenvalue weighted by Crippen LogP contribution is 2.37. The van der Waals surface area contributed by atoms with E-state index in [9.17, 15) is 5.11 Å². The Labute approximate surface area is 144 Å². The van der Waals surface area contributed by atoms with Crippen molar-refractivity contribution in [3.8, 4) is 5.75 Å². The molecule has 2 N–H and O–H groups in total. The van der Waals surface area contributed by atoms with E-state index in [0.29, 0.717) is 21.4 Å². The van der Waals surface area contributed by atoms with Crippen LogP contribution in [-0.2, 0) is 0 Å². The fourth-order valence-electron chi connectivity index (χ4n) is 2.39. The van der Waals surface area contributed by atoms with E-state index in [2.05, 4.69) is 10.3 Å². The van der Waals surface area contributed by atoms with Crippen molar-refractivity contribution in [1.29, 1.82) is 0 Å². The number of aromatic hydroxyl groups is 1. The summed E-state index contributed by atoms with van der Waals surface area (Å²) >= 11 is 12.5. The standard InChI is InChI=1S/C18H14Cl2N2O/c19-14-8-5-7-13(17(14)20)18(12-6-1-2-9-15(12)23)22-16-10-3-4-11-21-16/h1-11,18,23H,(H,21,22). The number of benzene rings is 2. The van der Waals surface area contributed by atoms with Gasteiger partial charge < -0.3 is 10.4 Å². The lowest BCUT2D eigenvalue weighted by molar-refractivity contribution is 0.466. The minimum Gasteiger partial charge on any atom is -0.508 e. The average molecular weight is 345 g/mol. The van der Waals surface area contributed by atoms with E-state index in [1.54, 1.807) is 24.4 Å². The van der Waals surface area contributed by atoms with Crippen LogP contribution in [0, 0.1) is 0 Å². The SMILES string of the molecule is Oc1ccccc1C(Nc1ccccn1)c1cccc(Cl)c1Cl. The molecule has 116 valence electrons. The molecule has 2 aromatic carbocycles. The number of phenols is 1. The zero-order chi connectivity index (χ0) is 16.2. The lowest BCUT2D eigenvalue weighted by atomic mass is 9.97. The van der Waals surface area contributed by atoms with E-state index in [0.717, 1.165) is 5.56 Å². The number of anilines is 1. The van der Waals surface area contributed by atoms with Crippen molar-refractivity contribution in [2.24, 2.45) is 0 Å². The summed E-state index contributed by atoms with van der Waals surface area (Å²) in [6.07, 6.45) is 1.70. The number of nitrogens with one attached hydrogen (secondary N) is 1. The molecule has 3 rings (SSSR count). The Hall–Kier alpha value is -2.23. The number of phenolic OH excluding ortho intramolecular Hbond substituents is 1. The zero-order valence-electron chi connectivity index (χ0n) is 12.1. The molecule has 0 aliphatic rings. The Morgan fingerprint density at radius 1 is 0.870 bits per heavy atom. The molecule has 3 aromatic rings. The van der Waals surface area contributed by atoms with Gasteiger partial charge in [0.15, 0.2) is 0 Å². The molecule has 0 saturated carbocycles. The quantitative estimate of drug-likeness (QED) is 0.675. The molecule has 1 heterocycles. The van der Waals surface area contributed by atoms with E-state index < -0.39 is 0 Å². The molecule has 1 aromatic heterocycles. The minimum atomic E-state index is -0.378. The Balaban J connectivity index is 2.10. The third kappa shape index (κ3) is 3.41. The van der Waals surface area contributed by atoms with Gasteiger partial charge in [0, 0.05) is 11.8 Å². The number of aromatic nitrogens is 1. The van der Waals surface area contributed by atoms with Gasteiger partial charge in [-0.15, -0.1) is 0 Å². The second kappa shape index (κ2) is 6.90. The molecule has 0 bridgehead atoms. The Kier molecular flexibility index (Phi) is 4.70. The maximum absolute atomic E-state index is 10.2. The maximum Gasteiger partial charge on any atom is 0.126 e. The third-order valence-electron chi connectivity index (χ3n) is 3.50. The van der Waals surface area contributed by atoms with Crippen LogP contribution in [0.25, 0.3) is 0 Å². The number of halogens is 2. The summed E-state index contributed by atoms with van der Waals surface area (Å²) in [5.74, 6) is 0.855. The predicted octanol–water partition coefficient (Wildman–Crippen LogP) is 5.30. The van der Waals surface area contributed by atoms with Gasteiger partial charge in [0.25, 0.3) is 0 Å². The molecule has 0 amide bonds. The van der Waals surface area contributed by atoms with Crippen LogP contribution >= 0.6 is 23.2 Å². The number of pyridine rings is 1. The molecule has 0 radical (unpaired) electrons. The van der Waals surface area contributed by atoms with Gasteiger partial charge in [-0.25, -0.2) is 4.98 Å². The smallest absolute Gasteiger partial charge is 0.126 e. The van der Waals surface area contributed by atoms with Crippen molar-refractivity contribution >= 4 is 29.0 Å². The zero-order valence-corrected chi connectivity index (χ0v) is 13.6. The van der Waals surface area contributed by atoms with Gasteiger partial charge in [-0.05, 0) is 29.8 Å². The molecule has 3 nitrogen and oxygen atoms in total. The highest BCUT2D eigenvalue weighted by atomic mass is 35.5. The maximum atomic E-state index is 10.2. The number of hydrogen-bond acceptors (Lipinski definition) is 3.